The van der Waals surface area contributed by atoms with Gasteiger partial charge in [-0.25, -0.2) is 0 Å². The predicted octanol–water partition coefficient (Wildman–Crippen LogP) is 1.51. The Morgan fingerprint density at radius 3 is 2.93 bits per heavy atom. The van der Waals surface area contributed by atoms with E-state index < -0.39 is 6.41 Å². The predicted molar refractivity (Wildman–Crippen MR) is 56.7 cm³/mol. The monoisotopic (exact) mass is 197 g/mol. The average molecular weight is 197 g/mol. The first-order chi connectivity index (χ1) is 6.74. The molecule has 0 aromatic carbocycles. The molecule has 1 unspecified atom stereocenters. The molecule has 80 valence electrons. The van der Waals surface area contributed by atoms with Gasteiger partial charge in [0.05, 0.1) is 6.61 Å². The molecule has 0 aromatic heterocycles. The Morgan fingerprint density at radius 1 is 1.64 bits per heavy atom. The van der Waals surface area contributed by atoms with Crippen molar-refractivity contribution >= 4 is 0 Å². The number of ether oxygens (including phenoxy) is 1. The Balaban J connectivity index is 2.01. The van der Waals surface area contributed by atoms with Gasteiger partial charge >= 0.3 is 0 Å². The fourth-order valence-corrected chi connectivity index (χ4v) is 1.10. The summed E-state index contributed by atoms with van der Waals surface area (Å²) in [6, 6.07) is 0. The van der Waals surface area contributed by atoms with Crippen molar-refractivity contribution in [1.29, 1.82) is 0 Å². The van der Waals surface area contributed by atoms with Gasteiger partial charge in [-0.3, -0.25) is 4.90 Å². The maximum atomic E-state index is 9.36. The van der Waals surface area contributed by atoms with Gasteiger partial charge in [0, 0.05) is 13.1 Å². The molecule has 1 fully saturated rings. The van der Waals surface area contributed by atoms with E-state index in [-0.39, 0.29) is 0 Å². The molecular formula is C11H19NO2. The van der Waals surface area contributed by atoms with Gasteiger partial charge in [0.1, 0.15) is 0 Å². The van der Waals surface area contributed by atoms with E-state index in [2.05, 4.69) is 12.7 Å². The molecule has 0 aromatic rings. The Morgan fingerprint density at radius 2 is 2.36 bits per heavy atom. The van der Waals surface area contributed by atoms with Crippen molar-refractivity contribution in [3.05, 3.63) is 24.3 Å². The summed E-state index contributed by atoms with van der Waals surface area (Å²) in [5.74, 6) is 0. The fraction of sp³-hybridized carbons (Fsp3) is 0.636. The summed E-state index contributed by atoms with van der Waals surface area (Å²) in [5.41, 5.74) is 1.03. The van der Waals surface area contributed by atoms with Crippen LogP contribution in [-0.4, -0.2) is 36.1 Å². The third-order valence-electron chi connectivity index (χ3n) is 2.13. The molecule has 1 heterocycles. The number of aliphatic hydroxyl groups excluding tert-OH is 1. The highest BCUT2D eigenvalue weighted by molar-refractivity contribution is 4.96. The smallest absolute Gasteiger partial charge is 0.216 e. The van der Waals surface area contributed by atoms with E-state index in [4.69, 9.17) is 4.74 Å². The summed E-state index contributed by atoms with van der Waals surface area (Å²) in [5, 5.41) is 9.36. The lowest BCUT2D eigenvalue weighted by molar-refractivity contribution is -0.150. The van der Waals surface area contributed by atoms with Crippen LogP contribution in [0.2, 0.25) is 0 Å². The minimum Gasteiger partial charge on any atom is -0.356 e. The van der Waals surface area contributed by atoms with Crippen LogP contribution in [0.1, 0.15) is 19.8 Å². The summed E-state index contributed by atoms with van der Waals surface area (Å²) in [7, 11) is 0. The van der Waals surface area contributed by atoms with E-state index in [9.17, 15) is 5.11 Å². The lowest BCUT2D eigenvalue weighted by atomic mass is 10.2. The van der Waals surface area contributed by atoms with Crippen LogP contribution in [0.3, 0.4) is 0 Å². The van der Waals surface area contributed by atoms with Crippen molar-refractivity contribution in [3.63, 3.8) is 0 Å². The van der Waals surface area contributed by atoms with Gasteiger partial charge in [0.25, 0.3) is 0 Å². The Labute approximate surface area is 85.7 Å². The van der Waals surface area contributed by atoms with E-state index in [0.29, 0.717) is 6.61 Å². The van der Waals surface area contributed by atoms with E-state index in [1.54, 1.807) is 0 Å². The van der Waals surface area contributed by atoms with Gasteiger partial charge in [-0.15, -0.1) is 0 Å². The number of hydrogen-bond donors (Lipinski definition) is 1. The van der Waals surface area contributed by atoms with Crippen molar-refractivity contribution in [1.82, 2.24) is 4.90 Å². The standard InChI is InChI=1S/C11H19NO2/c1-3-4-5-6-10(2)9-14-11(13)12-7-8-12/h3-4,11,13H,2,5-9H2,1H3/b4-3-. The Kier molecular flexibility index (Phi) is 4.87. The maximum Gasteiger partial charge on any atom is 0.216 e. The quantitative estimate of drug-likeness (QED) is 0.381. The highest BCUT2D eigenvalue weighted by Crippen LogP contribution is 2.11. The zero-order valence-corrected chi connectivity index (χ0v) is 8.78. The van der Waals surface area contributed by atoms with Gasteiger partial charge in [0.2, 0.25) is 6.41 Å². The third-order valence-corrected chi connectivity index (χ3v) is 2.13. The van der Waals surface area contributed by atoms with Crippen LogP contribution in [0.15, 0.2) is 24.3 Å². The molecule has 1 saturated heterocycles. The van der Waals surface area contributed by atoms with E-state index in [0.717, 1.165) is 31.5 Å². The van der Waals surface area contributed by atoms with Crippen LogP contribution in [0.25, 0.3) is 0 Å². The Hall–Kier alpha value is -0.640. The van der Waals surface area contributed by atoms with Crippen LogP contribution in [-0.2, 0) is 4.74 Å². The van der Waals surface area contributed by atoms with E-state index in [1.807, 2.05) is 17.9 Å². The zero-order chi connectivity index (χ0) is 10.4. The maximum absolute atomic E-state index is 9.36. The fourth-order valence-electron chi connectivity index (χ4n) is 1.10. The molecule has 3 nitrogen and oxygen atoms in total. The molecule has 14 heavy (non-hydrogen) atoms. The first-order valence-electron chi connectivity index (χ1n) is 5.05. The number of allylic oxidation sites excluding steroid dienone is 2. The molecule has 1 aliphatic heterocycles. The van der Waals surface area contributed by atoms with Gasteiger partial charge in [0.15, 0.2) is 0 Å². The molecule has 0 bridgehead atoms. The minimum atomic E-state index is -0.728. The van der Waals surface area contributed by atoms with Gasteiger partial charge in [-0.05, 0) is 19.8 Å². The van der Waals surface area contributed by atoms with Crippen LogP contribution in [0.4, 0.5) is 0 Å². The van der Waals surface area contributed by atoms with Crippen LogP contribution < -0.4 is 0 Å². The summed E-state index contributed by atoms with van der Waals surface area (Å²) < 4.78 is 5.22. The van der Waals surface area contributed by atoms with Crippen molar-refractivity contribution in [2.75, 3.05) is 19.7 Å². The highest BCUT2D eigenvalue weighted by Gasteiger charge is 2.25. The van der Waals surface area contributed by atoms with Crippen molar-refractivity contribution in [2.45, 2.75) is 26.2 Å². The second-order valence-corrected chi connectivity index (χ2v) is 3.53. The molecule has 0 aliphatic carbocycles. The summed E-state index contributed by atoms with van der Waals surface area (Å²) >= 11 is 0. The number of hydrogen-bond acceptors (Lipinski definition) is 3. The summed E-state index contributed by atoms with van der Waals surface area (Å²) in [6.45, 7) is 8.22. The van der Waals surface area contributed by atoms with Crippen LogP contribution in [0.5, 0.6) is 0 Å². The topological polar surface area (TPSA) is 32.5 Å². The summed E-state index contributed by atoms with van der Waals surface area (Å²) in [6.07, 6.45) is 5.33. The Bertz CT molecular complexity index is 209. The van der Waals surface area contributed by atoms with Crippen LogP contribution in [0, 0.1) is 0 Å². The lowest BCUT2D eigenvalue weighted by Crippen LogP contribution is -2.22. The SMILES string of the molecule is C=C(CC/C=C\C)COC(O)N1CC1. The second-order valence-electron chi connectivity index (χ2n) is 3.53. The third kappa shape index (κ3) is 4.56. The summed E-state index contributed by atoms with van der Waals surface area (Å²) in [4.78, 5) is 1.85. The molecule has 1 N–H and O–H groups in total. The largest absolute Gasteiger partial charge is 0.356 e. The van der Waals surface area contributed by atoms with E-state index in [1.165, 1.54) is 0 Å². The van der Waals surface area contributed by atoms with Crippen LogP contribution >= 0.6 is 0 Å². The molecular weight excluding hydrogens is 178 g/mol. The molecule has 3 heteroatoms. The number of nitrogens with zero attached hydrogens (tertiary/aromatic N) is 1. The molecule has 1 atom stereocenters. The second kappa shape index (κ2) is 5.96. The highest BCUT2D eigenvalue weighted by atomic mass is 16.6. The van der Waals surface area contributed by atoms with Crippen molar-refractivity contribution in [3.8, 4) is 0 Å². The molecule has 0 radical (unpaired) electrons. The minimum absolute atomic E-state index is 0.454. The number of rotatable bonds is 7. The normalized spacial score (nSPS) is 18.7. The zero-order valence-electron chi connectivity index (χ0n) is 8.78. The molecule has 1 rings (SSSR count). The molecule has 0 saturated carbocycles. The molecule has 0 spiro atoms. The molecule has 1 aliphatic rings. The molecule has 0 amide bonds. The lowest BCUT2D eigenvalue weighted by Gasteiger charge is -2.13. The first kappa shape index (κ1) is 11.4. The number of aliphatic hydroxyl groups is 1. The van der Waals surface area contributed by atoms with Gasteiger partial charge in [-0.1, -0.05) is 24.3 Å². The van der Waals surface area contributed by atoms with Crippen molar-refractivity contribution in [2.24, 2.45) is 0 Å². The van der Waals surface area contributed by atoms with Crippen molar-refractivity contribution < 1.29 is 9.84 Å². The van der Waals surface area contributed by atoms with Gasteiger partial charge in [-0.2, -0.15) is 0 Å². The van der Waals surface area contributed by atoms with E-state index >= 15 is 0 Å². The average Bonchev–Trinajstić information content (AvgIpc) is 2.98. The van der Waals surface area contributed by atoms with Gasteiger partial charge < -0.3 is 9.84 Å². The first-order valence-corrected chi connectivity index (χ1v) is 5.05.